The van der Waals surface area contributed by atoms with Gasteiger partial charge in [0, 0.05) is 18.8 Å². The van der Waals surface area contributed by atoms with Gasteiger partial charge in [0.15, 0.2) is 0 Å². The van der Waals surface area contributed by atoms with Crippen molar-refractivity contribution in [3.63, 3.8) is 0 Å². The van der Waals surface area contributed by atoms with Crippen molar-refractivity contribution in [2.75, 3.05) is 18.8 Å². The fourth-order valence-corrected chi connectivity index (χ4v) is 2.38. The molecule has 1 aromatic carbocycles. The number of benzene rings is 1. The Morgan fingerprint density at radius 3 is 2.71 bits per heavy atom. The minimum absolute atomic E-state index is 0.105. The van der Waals surface area contributed by atoms with Gasteiger partial charge in [0.25, 0.3) is 5.91 Å². The monoisotopic (exact) mass is 297 g/mol. The molecule has 0 aliphatic carbocycles. The first kappa shape index (κ1) is 12.4. The van der Waals surface area contributed by atoms with Gasteiger partial charge in [0.1, 0.15) is 0 Å². The van der Waals surface area contributed by atoms with Gasteiger partial charge in [0.05, 0.1) is 10.0 Å². The predicted octanol–water partition coefficient (Wildman–Crippen LogP) is 2.16. The Kier molecular flexibility index (Phi) is 4.02. The van der Waals surface area contributed by atoms with E-state index >= 15 is 0 Å². The minimum Gasteiger partial charge on any atom is -0.398 e. The third-order valence-corrected chi connectivity index (χ3v) is 3.77. The molecular formula is C12H16BrN3O. The van der Waals surface area contributed by atoms with E-state index in [1.165, 1.54) is 6.42 Å². The number of halogens is 1. The van der Waals surface area contributed by atoms with E-state index < -0.39 is 0 Å². The van der Waals surface area contributed by atoms with Crippen LogP contribution in [0.3, 0.4) is 0 Å². The summed E-state index contributed by atoms with van der Waals surface area (Å²) in [6.07, 6.45) is 3.52. The van der Waals surface area contributed by atoms with Crippen molar-refractivity contribution >= 4 is 27.5 Å². The average molecular weight is 298 g/mol. The van der Waals surface area contributed by atoms with E-state index in [9.17, 15) is 4.79 Å². The maximum absolute atomic E-state index is 12.0. The molecule has 1 aliphatic heterocycles. The topological polar surface area (TPSA) is 58.4 Å². The predicted molar refractivity (Wildman–Crippen MR) is 71.4 cm³/mol. The van der Waals surface area contributed by atoms with Gasteiger partial charge >= 0.3 is 0 Å². The third kappa shape index (κ3) is 2.98. The number of hydrogen-bond donors (Lipinski definition) is 2. The van der Waals surface area contributed by atoms with Crippen molar-refractivity contribution in [2.24, 2.45) is 0 Å². The Balaban J connectivity index is 2.06. The summed E-state index contributed by atoms with van der Waals surface area (Å²) < 4.78 is 0.662. The quantitative estimate of drug-likeness (QED) is 0.823. The first-order valence-electron chi connectivity index (χ1n) is 5.78. The van der Waals surface area contributed by atoms with Gasteiger partial charge in [-0.05, 0) is 40.9 Å². The maximum Gasteiger partial charge on any atom is 0.266 e. The molecule has 92 valence electrons. The van der Waals surface area contributed by atoms with E-state index in [1.807, 2.05) is 5.01 Å². The highest BCUT2D eigenvalue weighted by Gasteiger charge is 2.16. The smallest absolute Gasteiger partial charge is 0.266 e. The molecule has 1 aliphatic rings. The second-order valence-corrected chi connectivity index (χ2v) is 4.99. The summed E-state index contributed by atoms with van der Waals surface area (Å²) in [6, 6.07) is 5.31. The highest BCUT2D eigenvalue weighted by molar-refractivity contribution is 9.10. The van der Waals surface area contributed by atoms with Crippen LogP contribution < -0.4 is 11.2 Å². The van der Waals surface area contributed by atoms with Gasteiger partial charge in [0.2, 0.25) is 0 Å². The number of hydrazine groups is 1. The fourth-order valence-electron chi connectivity index (χ4n) is 1.93. The van der Waals surface area contributed by atoms with Crippen LogP contribution in [-0.4, -0.2) is 24.0 Å². The van der Waals surface area contributed by atoms with Crippen LogP contribution in [0.2, 0.25) is 0 Å². The summed E-state index contributed by atoms with van der Waals surface area (Å²) in [5, 5.41) is 1.97. The summed E-state index contributed by atoms with van der Waals surface area (Å²) in [4.78, 5) is 12.0. The van der Waals surface area contributed by atoms with Crippen molar-refractivity contribution in [3.05, 3.63) is 28.2 Å². The van der Waals surface area contributed by atoms with Gasteiger partial charge in [-0.1, -0.05) is 12.5 Å². The van der Waals surface area contributed by atoms with Gasteiger partial charge in [-0.3, -0.25) is 10.2 Å². The Labute approximate surface area is 109 Å². The van der Waals surface area contributed by atoms with Crippen LogP contribution in [0.1, 0.15) is 29.6 Å². The van der Waals surface area contributed by atoms with Crippen molar-refractivity contribution in [1.29, 1.82) is 0 Å². The number of hydrogen-bond acceptors (Lipinski definition) is 3. The highest BCUT2D eigenvalue weighted by Crippen LogP contribution is 2.23. The first-order valence-corrected chi connectivity index (χ1v) is 6.57. The molecule has 0 radical (unpaired) electrons. The summed E-state index contributed by atoms with van der Waals surface area (Å²) in [7, 11) is 0. The van der Waals surface area contributed by atoms with E-state index in [-0.39, 0.29) is 5.91 Å². The van der Waals surface area contributed by atoms with Crippen molar-refractivity contribution in [2.45, 2.75) is 19.3 Å². The second-order valence-electron chi connectivity index (χ2n) is 4.20. The molecule has 0 unspecified atom stereocenters. The number of anilines is 1. The first-order chi connectivity index (χ1) is 8.18. The van der Waals surface area contributed by atoms with Crippen LogP contribution in [-0.2, 0) is 0 Å². The lowest BCUT2D eigenvalue weighted by atomic mass is 10.1. The number of nitrogens with zero attached hydrogens (tertiary/aromatic N) is 1. The van der Waals surface area contributed by atoms with Crippen molar-refractivity contribution in [1.82, 2.24) is 10.4 Å². The number of carbonyl (C=O) groups excluding carboxylic acids is 1. The molecule has 0 spiro atoms. The lowest BCUT2D eigenvalue weighted by Crippen LogP contribution is -2.45. The summed E-state index contributed by atoms with van der Waals surface area (Å²) in [5.41, 5.74) is 9.82. The molecule has 1 fully saturated rings. The fraction of sp³-hybridized carbons (Fsp3) is 0.417. The lowest BCUT2D eigenvalue weighted by molar-refractivity contribution is 0.0749. The molecule has 1 aromatic rings. The molecule has 17 heavy (non-hydrogen) atoms. The number of rotatable bonds is 2. The van der Waals surface area contributed by atoms with Crippen LogP contribution >= 0.6 is 15.9 Å². The SMILES string of the molecule is Nc1cccc(C(=O)NN2CCCCC2)c1Br. The minimum atomic E-state index is -0.105. The highest BCUT2D eigenvalue weighted by atomic mass is 79.9. The number of nitrogens with two attached hydrogens (primary N) is 1. The lowest BCUT2D eigenvalue weighted by Gasteiger charge is -2.27. The van der Waals surface area contributed by atoms with E-state index in [2.05, 4.69) is 21.4 Å². The zero-order valence-electron chi connectivity index (χ0n) is 9.58. The molecule has 1 amide bonds. The van der Waals surface area contributed by atoms with Crippen LogP contribution in [0.4, 0.5) is 5.69 Å². The maximum atomic E-state index is 12.0. The molecule has 3 N–H and O–H groups in total. The normalized spacial score (nSPS) is 16.8. The summed E-state index contributed by atoms with van der Waals surface area (Å²) in [6.45, 7) is 1.84. The van der Waals surface area contributed by atoms with E-state index in [4.69, 9.17) is 5.73 Å². The Morgan fingerprint density at radius 2 is 2.00 bits per heavy atom. The Morgan fingerprint density at radius 1 is 1.29 bits per heavy atom. The van der Waals surface area contributed by atoms with Gasteiger partial charge < -0.3 is 5.73 Å². The number of carbonyl (C=O) groups is 1. The molecule has 1 heterocycles. The largest absolute Gasteiger partial charge is 0.398 e. The Hall–Kier alpha value is -1.07. The number of piperidine rings is 1. The van der Waals surface area contributed by atoms with Crippen molar-refractivity contribution in [3.8, 4) is 0 Å². The standard InChI is InChI=1S/C12H16BrN3O/c13-11-9(5-4-6-10(11)14)12(17)15-16-7-2-1-3-8-16/h4-6H,1-3,7-8,14H2,(H,15,17). The molecule has 0 saturated carbocycles. The molecule has 1 saturated heterocycles. The second kappa shape index (κ2) is 5.51. The van der Waals surface area contributed by atoms with E-state index in [0.29, 0.717) is 15.7 Å². The third-order valence-electron chi connectivity index (χ3n) is 2.89. The van der Waals surface area contributed by atoms with E-state index in [0.717, 1.165) is 25.9 Å². The summed E-state index contributed by atoms with van der Waals surface area (Å²) in [5.74, 6) is -0.105. The van der Waals surface area contributed by atoms with Crippen LogP contribution in [0, 0.1) is 0 Å². The molecule has 2 rings (SSSR count). The van der Waals surface area contributed by atoms with Crippen molar-refractivity contribution < 1.29 is 4.79 Å². The molecule has 5 heteroatoms. The van der Waals surface area contributed by atoms with Gasteiger partial charge in [-0.2, -0.15) is 0 Å². The number of nitrogens with one attached hydrogen (secondary N) is 1. The van der Waals surface area contributed by atoms with Crippen LogP contribution in [0.15, 0.2) is 22.7 Å². The van der Waals surface area contributed by atoms with Crippen LogP contribution in [0.5, 0.6) is 0 Å². The van der Waals surface area contributed by atoms with E-state index in [1.54, 1.807) is 18.2 Å². The zero-order valence-corrected chi connectivity index (χ0v) is 11.2. The number of amides is 1. The zero-order chi connectivity index (χ0) is 12.3. The summed E-state index contributed by atoms with van der Waals surface area (Å²) >= 11 is 3.34. The molecule has 4 nitrogen and oxygen atoms in total. The van der Waals surface area contributed by atoms with Gasteiger partial charge in [-0.25, -0.2) is 5.01 Å². The molecule has 0 bridgehead atoms. The molecule has 0 aromatic heterocycles. The van der Waals surface area contributed by atoms with Crippen LogP contribution in [0.25, 0.3) is 0 Å². The average Bonchev–Trinajstić information content (AvgIpc) is 2.34. The molecule has 0 atom stereocenters. The number of nitrogen functional groups attached to an aromatic ring is 1. The Bertz CT molecular complexity index is 416. The molecular weight excluding hydrogens is 282 g/mol. The van der Waals surface area contributed by atoms with Gasteiger partial charge in [-0.15, -0.1) is 0 Å².